The predicted molar refractivity (Wildman–Crippen MR) is 144 cm³/mol. The molecule has 1 aromatic carbocycles. The van der Waals surface area contributed by atoms with Crippen molar-refractivity contribution in [3.63, 3.8) is 0 Å². The average Bonchev–Trinajstić information content (AvgIpc) is 3.26. The zero-order valence-electron chi connectivity index (χ0n) is 23.0. The van der Waals surface area contributed by atoms with Crippen molar-refractivity contribution >= 4 is 22.8 Å². The first-order valence-electron chi connectivity index (χ1n) is 13.4. The number of unbranched alkanes of at least 4 members (excludes halogenated alkanes) is 1. The smallest absolute Gasteiger partial charge is 0.344 e. The van der Waals surface area contributed by atoms with Gasteiger partial charge < -0.3 is 29.0 Å². The van der Waals surface area contributed by atoms with E-state index in [0.29, 0.717) is 31.2 Å². The highest BCUT2D eigenvalue weighted by Crippen LogP contribution is 2.31. The van der Waals surface area contributed by atoms with Gasteiger partial charge in [0.05, 0.1) is 12.1 Å². The van der Waals surface area contributed by atoms with Crippen LogP contribution in [0.1, 0.15) is 70.8 Å². The molecule has 0 radical (unpaired) electrons. The highest BCUT2D eigenvalue weighted by Gasteiger charge is 2.31. The monoisotopic (exact) mass is 503 g/mol. The normalized spacial score (nSPS) is 15.4. The molecule has 1 fully saturated rings. The van der Waals surface area contributed by atoms with E-state index >= 15 is 0 Å². The highest BCUT2D eigenvalue weighted by atomic mass is 16.6. The molecule has 0 bridgehead atoms. The van der Waals surface area contributed by atoms with Crippen molar-refractivity contribution in [1.29, 1.82) is 0 Å². The van der Waals surface area contributed by atoms with Gasteiger partial charge >= 0.3 is 5.97 Å². The molecule has 1 atom stereocenters. The molecule has 1 N–H and O–H groups in total. The van der Waals surface area contributed by atoms with Gasteiger partial charge in [-0.05, 0) is 65.1 Å². The Morgan fingerprint density at radius 2 is 2.00 bits per heavy atom. The van der Waals surface area contributed by atoms with Gasteiger partial charge in [0.2, 0.25) is 0 Å². The van der Waals surface area contributed by atoms with Crippen molar-refractivity contribution < 1.29 is 23.8 Å². The summed E-state index contributed by atoms with van der Waals surface area (Å²) in [5.74, 6) is 0.194. The maximum atomic E-state index is 14.0. The number of nitrogens with zero attached hydrogens (tertiary/aromatic N) is 2. The minimum absolute atomic E-state index is 0.0305. The number of esters is 1. The number of aromatic nitrogens is 1. The van der Waals surface area contributed by atoms with Gasteiger partial charge in [-0.3, -0.25) is 4.79 Å². The van der Waals surface area contributed by atoms with Crippen LogP contribution in [0, 0.1) is 0 Å². The molecule has 1 saturated heterocycles. The molecular weight excluding hydrogens is 458 g/mol. The quantitative estimate of drug-likeness (QED) is 0.336. The van der Waals surface area contributed by atoms with Crippen LogP contribution in [0.5, 0.6) is 5.75 Å². The van der Waals surface area contributed by atoms with Crippen LogP contribution in [0.4, 0.5) is 0 Å². The van der Waals surface area contributed by atoms with Crippen molar-refractivity contribution in [2.24, 2.45) is 0 Å². The van der Waals surface area contributed by atoms with E-state index in [4.69, 9.17) is 14.2 Å². The van der Waals surface area contributed by atoms with Gasteiger partial charge in [-0.1, -0.05) is 26.0 Å². The summed E-state index contributed by atoms with van der Waals surface area (Å²) in [5.41, 5.74) is 1.48. The lowest BCUT2D eigenvalue weighted by atomic mass is 10.0. The average molecular weight is 504 g/mol. The second-order valence-corrected chi connectivity index (χ2v) is 8.98. The van der Waals surface area contributed by atoms with Crippen molar-refractivity contribution in [3.8, 4) is 5.75 Å². The number of benzene rings is 1. The summed E-state index contributed by atoms with van der Waals surface area (Å²) >= 11 is 0. The van der Waals surface area contributed by atoms with Crippen molar-refractivity contribution in [3.05, 3.63) is 30.0 Å². The fourth-order valence-electron chi connectivity index (χ4n) is 4.70. The first-order chi connectivity index (χ1) is 17.5. The number of aryl methyl sites for hydroxylation is 1. The van der Waals surface area contributed by atoms with Crippen LogP contribution in [-0.2, 0) is 20.8 Å². The van der Waals surface area contributed by atoms with E-state index in [0.717, 1.165) is 49.7 Å². The molecule has 3 rings (SSSR count). The number of carbonyl (C=O) groups excluding carboxylic acids is 2. The molecule has 2 heterocycles. The number of nitrogens with one attached hydrogen (secondary N) is 1. The standard InChI is InChI=1S/C26H39N3O5.C2H6/c1-5-33-24(30)18-34-23-12-8-10-20-16-22(28(25(20)23)14-6-7-15-32-4)26(31)29(19(2)3)21-11-9-13-27-17-21;1-2/h8,10,12,16,19,21,27H,5-7,9,11,13-15,17-18H2,1-4H3;1-2H3/t21-;/m1./s1. The van der Waals surface area contributed by atoms with Crippen molar-refractivity contribution in [1.82, 2.24) is 14.8 Å². The minimum Gasteiger partial charge on any atom is -0.480 e. The SMILES string of the molecule is CC.CCOC(=O)COc1cccc2cc(C(=O)N(C(C)C)[C@@H]3CCCNC3)n(CCCCOC)c12. The molecule has 1 aliphatic heterocycles. The molecule has 8 nitrogen and oxygen atoms in total. The third-order valence-electron chi connectivity index (χ3n) is 6.19. The van der Waals surface area contributed by atoms with Crippen LogP contribution in [0.3, 0.4) is 0 Å². The first kappa shape index (κ1) is 29.6. The van der Waals surface area contributed by atoms with Gasteiger partial charge in [-0.25, -0.2) is 4.79 Å². The summed E-state index contributed by atoms with van der Waals surface area (Å²) in [6, 6.07) is 7.91. The number of fused-ring (bicyclic) bond motifs is 1. The number of amides is 1. The van der Waals surface area contributed by atoms with Crippen LogP contribution in [-0.4, -0.2) is 73.4 Å². The lowest BCUT2D eigenvalue weighted by Gasteiger charge is -2.37. The van der Waals surface area contributed by atoms with Crippen LogP contribution in [0.25, 0.3) is 10.9 Å². The summed E-state index contributed by atoms with van der Waals surface area (Å²) in [6.07, 6.45) is 3.80. The second-order valence-electron chi connectivity index (χ2n) is 8.98. The largest absolute Gasteiger partial charge is 0.480 e. The van der Waals surface area contributed by atoms with Crippen LogP contribution < -0.4 is 10.1 Å². The number of hydrogen-bond acceptors (Lipinski definition) is 6. The first-order valence-corrected chi connectivity index (χ1v) is 13.4. The van der Waals surface area contributed by atoms with E-state index in [2.05, 4.69) is 23.7 Å². The molecule has 1 amide bonds. The lowest BCUT2D eigenvalue weighted by molar-refractivity contribution is -0.145. The fourth-order valence-corrected chi connectivity index (χ4v) is 4.70. The van der Waals surface area contributed by atoms with Crippen molar-refractivity contribution in [2.45, 2.75) is 78.9 Å². The summed E-state index contributed by atoms with van der Waals surface area (Å²) in [5, 5.41) is 4.35. The molecule has 36 heavy (non-hydrogen) atoms. The summed E-state index contributed by atoms with van der Waals surface area (Å²) in [6.45, 7) is 13.2. The number of piperidine rings is 1. The van der Waals surface area contributed by atoms with Gasteiger partial charge in [0.25, 0.3) is 5.91 Å². The Kier molecular flexibility index (Phi) is 12.8. The van der Waals surface area contributed by atoms with E-state index in [1.54, 1.807) is 14.0 Å². The number of hydrogen-bond donors (Lipinski definition) is 1. The van der Waals surface area contributed by atoms with E-state index in [-0.39, 0.29) is 24.6 Å². The van der Waals surface area contributed by atoms with Crippen LogP contribution >= 0.6 is 0 Å². The molecule has 202 valence electrons. The Morgan fingerprint density at radius 3 is 2.64 bits per heavy atom. The maximum Gasteiger partial charge on any atom is 0.344 e. The van der Waals surface area contributed by atoms with Gasteiger partial charge in [0.1, 0.15) is 11.4 Å². The summed E-state index contributed by atoms with van der Waals surface area (Å²) < 4.78 is 18.2. The molecule has 0 saturated carbocycles. The Labute approximate surface area is 216 Å². The third kappa shape index (κ3) is 7.71. The number of carbonyl (C=O) groups is 2. The fraction of sp³-hybridized carbons (Fsp3) is 0.643. The zero-order chi connectivity index (χ0) is 26.5. The zero-order valence-corrected chi connectivity index (χ0v) is 23.0. The molecule has 1 aliphatic rings. The van der Waals surface area contributed by atoms with Crippen molar-refractivity contribution in [2.75, 3.05) is 40.0 Å². The molecule has 0 spiro atoms. The molecule has 2 aromatic rings. The van der Waals surface area contributed by atoms with Gasteiger partial charge in [0, 0.05) is 44.3 Å². The van der Waals surface area contributed by atoms with Crippen LogP contribution in [0.2, 0.25) is 0 Å². The third-order valence-corrected chi connectivity index (χ3v) is 6.19. The molecule has 0 unspecified atom stereocenters. The maximum absolute atomic E-state index is 14.0. The summed E-state index contributed by atoms with van der Waals surface area (Å²) in [7, 11) is 1.69. The van der Waals surface area contributed by atoms with E-state index < -0.39 is 5.97 Å². The second kappa shape index (κ2) is 15.5. The number of ether oxygens (including phenoxy) is 3. The molecule has 1 aromatic heterocycles. The number of para-hydroxylation sites is 1. The van der Waals surface area contributed by atoms with E-state index in [9.17, 15) is 9.59 Å². The molecule has 8 heteroatoms. The Hall–Kier alpha value is -2.58. The topological polar surface area (TPSA) is 82.0 Å². The van der Waals surface area contributed by atoms with Gasteiger partial charge in [0.15, 0.2) is 6.61 Å². The molecular formula is C28H45N3O5. The Morgan fingerprint density at radius 1 is 1.22 bits per heavy atom. The molecule has 0 aliphatic carbocycles. The summed E-state index contributed by atoms with van der Waals surface area (Å²) in [4.78, 5) is 27.9. The van der Waals surface area contributed by atoms with E-state index in [1.807, 2.05) is 43.0 Å². The number of methoxy groups -OCH3 is 1. The predicted octanol–water partition coefficient (Wildman–Crippen LogP) is 4.64. The number of rotatable bonds is 12. The Bertz CT molecular complexity index is 950. The minimum atomic E-state index is -0.412. The van der Waals surface area contributed by atoms with Crippen LogP contribution in [0.15, 0.2) is 24.3 Å². The van der Waals surface area contributed by atoms with Gasteiger partial charge in [-0.15, -0.1) is 0 Å². The van der Waals surface area contributed by atoms with Gasteiger partial charge in [-0.2, -0.15) is 0 Å². The Balaban J connectivity index is 0.00000222. The highest BCUT2D eigenvalue weighted by molar-refractivity contribution is 6.00. The van der Waals surface area contributed by atoms with E-state index in [1.165, 1.54) is 0 Å². The lowest BCUT2D eigenvalue weighted by Crippen LogP contribution is -2.52.